The molecule has 0 unspecified atom stereocenters. The molecular formula is C24H25NO3. The number of hydrogen-bond acceptors (Lipinski definition) is 4. The predicted octanol–water partition coefficient (Wildman–Crippen LogP) is 6.02. The molecular weight excluding hydrogens is 350 g/mol. The van der Waals surface area contributed by atoms with E-state index in [2.05, 4.69) is 5.16 Å². The van der Waals surface area contributed by atoms with Crippen molar-refractivity contribution in [3.05, 3.63) is 96.1 Å². The molecule has 0 saturated heterocycles. The third kappa shape index (κ3) is 5.69. The van der Waals surface area contributed by atoms with Crippen LogP contribution in [-0.2, 0) is 9.57 Å². The van der Waals surface area contributed by atoms with Gasteiger partial charge in [-0.1, -0.05) is 65.8 Å². The van der Waals surface area contributed by atoms with Crippen LogP contribution in [0.25, 0.3) is 0 Å². The van der Waals surface area contributed by atoms with E-state index in [0.29, 0.717) is 11.5 Å². The smallest absolute Gasteiger partial charge is 0.217 e. The quantitative estimate of drug-likeness (QED) is 0.219. The maximum absolute atomic E-state index is 6.10. The van der Waals surface area contributed by atoms with E-state index in [0.717, 1.165) is 16.9 Å². The van der Waals surface area contributed by atoms with Crippen molar-refractivity contribution in [2.45, 2.75) is 26.4 Å². The monoisotopic (exact) mass is 375 g/mol. The van der Waals surface area contributed by atoms with E-state index in [-0.39, 0.29) is 12.4 Å². The molecule has 0 atom stereocenters. The Labute approximate surface area is 166 Å². The highest BCUT2D eigenvalue weighted by molar-refractivity contribution is 6.14. The van der Waals surface area contributed by atoms with E-state index >= 15 is 0 Å². The van der Waals surface area contributed by atoms with E-state index in [4.69, 9.17) is 14.3 Å². The molecule has 28 heavy (non-hydrogen) atoms. The zero-order valence-corrected chi connectivity index (χ0v) is 16.5. The molecule has 3 aromatic rings. The first-order valence-electron chi connectivity index (χ1n) is 9.24. The summed E-state index contributed by atoms with van der Waals surface area (Å²) in [5, 5.41) is 4.38. The Bertz CT molecular complexity index is 900. The summed E-state index contributed by atoms with van der Waals surface area (Å²) in [4.78, 5) is 5.50. The Morgan fingerprint density at radius 2 is 1.39 bits per heavy atom. The Kier molecular flexibility index (Phi) is 6.45. The standard InChI is InChI=1S/C24H25NO3/c1-24(2,3)26-18-27-25-23(19-12-6-4-7-13-19)21-16-10-11-17-22(21)28-20-14-8-5-9-15-20/h4-17H,18H2,1-3H3/b25-23+. The summed E-state index contributed by atoms with van der Waals surface area (Å²) in [7, 11) is 0. The summed E-state index contributed by atoms with van der Waals surface area (Å²) in [6.45, 7) is 5.99. The van der Waals surface area contributed by atoms with Crippen LogP contribution in [0, 0.1) is 0 Å². The Morgan fingerprint density at radius 3 is 2.07 bits per heavy atom. The van der Waals surface area contributed by atoms with Crippen LogP contribution >= 0.6 is 0 Å². The van der Waals surface area contributed by atoms with Crippen molar-refractivity contribution in [2.75, 3.05) is 6.79 Å². The summed E-state index contributed by atoms with van der Waals surface area (Å²) in [5.74, 6) is 1.47. The number of ether oxygens (including phenoxy) is 2. The SMILES string of the molecule is CC(C)(C)OCO/N=C(\c1ccccc1)c1ccccc1Oc1ccccc1. The minimum atomic E-state index is -0.295. The van der Waals surface area contributed by atoms with Gasteiger partial charge in [0, 0.05) is 11.1 Å². The van der Waals surface area contributed by atoms with Crippen LogP contribution in [0.4, 0.5) is 0 Å². The summed E-state index contributed by atoms with van der Waals surface area (Å²) in [6, 6.07) is 27.4. The lowest BCUT2D eigenvalue weighted by molar-refractivity contribution is -0.119. The van der Waals surface area contributed by atoms with Crippen LogP contribution in [0.2, 0.25) is 0 Å². The molecule has 4 heteroatoms. The van der Waals surface area contributed by atoms with Crippen LogP contribution in [0.15, 0.2) is 90.1 Å². The van der Waals surface area contributed by atoms with Gasteiger partial charge in [0.05, 0.1) is 5.60 Å². The van der Waals surface area contributed by atoms with Crippen molar-refractivity contribution < 1.29 is 14.3 Å². The third-order valence-corrected chi connectivity index (χ3v) is 3.86. The van der Waals surface area contributed by atoms with Gasteiger partial charge in [-0.2, -0.15) is 0 Å². The maximum atomic E-state index is 6.10. The largest absolute Gasteiger partial charge is 0.457 e. The highest BCUT2D eigenvalue weighted by Crippen LogP contribution is 2.27. The van der Waals surface area contributed by atoms with Crippen molar-refractivity contribution in [1.29, 1.82) is 0 Å². The minimum Gasteiger partial charge on any atom is -0.457 e. The molecule has 0 radical (unpaired) electrons. The van der Waals surface area contributed by atoms with Crippen molar-refractivity contribution >= 4 is 5.71 Å². The second-order valence-electron chi connectivity index (χ2n) is 7.22. The highest BCUT2D eigenvalue weighted by atomic mass is 16.7. The zero-order chi connectivity index (χ0) is 19.8. The predicted molar refractivity (Wildman–Crippen MR) is 112 cm³/mol. The molecule has 0 aliphatic carbocycles. The van der Waals surface area contributed by atoms with Gasteiger partial charge in [0.15, 0.2) is 0 Å². The number of oxime groups is 1. The summed E-state index contributed by atoms with van der Waals surface area (Å²) >= 11 is 0. The molecule has 0 aliphatic heterocycles. The Balaban J connectivity index is 1.92. The van der Waals surface area contributed by atoms with Crippen LogP contribution in [0.1, 0.15) is 31.9 Å². The van der Waals surface area contributed by atoms with Gasteiger partial charge in [-0.25, -0.2) is 0 Å². The number of hydrogen-bond donors (Lipinski definition) is 0. The van der Waals surface area contributed by atoms with Crippen molar-refractivity contribution in [2.24, 2.45) is 5.16 Å². The Hall–Kier alpha value is -3.11. The molecule has 3 aromatic carbocycles. The van der Waals surface area contributed by atoms with Gasteiger partial charge in [-0.05, 0) is 45.0 Å². The lowest BCUT2D eigenvalue weighted by Crippen LogP contribution is -2.20. The molecule has 3 rings (SSSR count). The van der Waals surface area contributed by atoms with E-state index in [9.17, 15) is 0 Å². The molecule has 0 fully saturated rings. The van der Waals surface area contributed by atoms with Gasteiger partial charge < -0.3 is 14.3 Å². The first-order valence-corrected chi connectivity index (χ1v) is 9.24. The molecule has 0 saturated carbocycles. The van der Waals surface area contributed by atoms with Gasteiger partial charge in [-0.15, -0.1) is 0 Å². The van der Waals surface area contributed by atoms with Crippen LogP contribution in [0.5, 0.6) is 11.5 Å². The van der Waals surface area contributed by atoms with Gasteiger partial charge in [0.1, 0.15) is 17.2 Å². The molecule has 0 aromatic heterocycles. The average molecular weight is 375 g/mol. The number of nitrogens with zero attached hydrogens (tertiary/aromatic N) is 1. The van der Waals surface area contributed by atoms with E-state index in [1.54, 1.807) is 0 Å². The maximum Gasteiger partial charge on any atom is 0.217 e. The fraction of sp³-hybridized carbons (Fsp3) is 0.208. The second-order valence-corrected chi connectivity index (χ2v) is 7.22. The average Bonchev–Trinajstić information content (AvgIpc) is 2.69. The van der Waals surface area contributed by atoms with Crippen LogP contribution in [-0.4, -0.2) is 18.1 Å². The van der Waals surface area contributed by atoms with Gasteiger partial charge in [-0.3, -0.25) is 0 Å². The molecule has 0 amide bonds. The van der Waals surface area contributed by atoms with Crippen molar-refractivity contribution in [3.8, 4) is 11.5 Å². The minimum absolute atomic E-state index is 0.0710. The van der Waals surface area contributed by atoms with Gasteiger partial charge >= 0.3 is 0 Å². The van der Waals surface area contributed by atoms with Crippen molar-refractivity contribution in [3.63, 3.8) is 0 Å². The van der Waals surface area contributed by atoms with Gasteiger partial charge in [0.25, 0.3) is 0 Å². The fourth-order valence-electron chi connectivity index (χ4n) is 2.51. The Morgan fingerprint density at radius 1 is 0.786 bits per heavy atom. The van der Waals surface area contributed by atoms with Crippen LogP contribution in [0.3, 0.4) is 0 Å². The van der Waals surface area contributed by atoms with Crippen molar-refractivity contribution in [1.82, 2.24) is 0 Å². The highest BCUT2D eigenvalue weighted by Gasteiger charge is 2.15. The number of para-hydroxylation sites is 2. The fourth-order valence-corrected chi connectivity index (χ4v) is 2.51. The number of benzene rings is 3. The molecule has 0 bridgehead atoms. The lowest BCUT2D eigenvalue weighted by atomic mass is 10.0. The molecule has 0 heterocycles. The molecule has 0 aliphatic rings. The normalized spacial score (nSPS) is 11.9. The summed E-state index contributed by atoms with van der Waals surface area (Å²) in [6.07, 6.45) is 0. The molecule has 0 spiro atoms. The first-order chi connectivity index (χ1) is 13.5. The second kappa shape index (κ2) is 9.20. The van der Waals surface area contributed by atoms with Gasteiger partial charge in [0.2, 0.25) is 6.79 Å². The van der Waals surface area contributed by atoms with Crippen LogP contribution < -0.4 is 4.74 Å². The first kappa shape index (κ1) is 19.6. The summed E-state index contributed by atoms with van der Waals surface area (Å²) < 4.78 is 11.7. The topological polar surface area (TPSA) is 40.0 Å². The summed E-state index contributed by atoms with van der Waals surface area (Å²) in [5.41, 5.74) is 2.16. The molecule has 4 nitrogen and oxygen atoms in total. The third-order valence-electron chi connectivity index (χ3n) is 3.86. The van der Waals surface area contributed by atoms with E-state index in [1.165, 1.54) is 0 Å². The molecule has 144 valence electrons. The van der Waals surface area contributed by atoms with E-state index < -0.39 is 0 Å². The van der Waals surface area contributed by atoms with E-state index in [1.807, 2.05) is 106 Å². The molecule has 0 N–H and O–H groups in total. The lowest BCUT2D eigenvalue weighted by Gasteiger charge is -2.18. The zero-order valence-electron chi connectivity index (χ0n) is 16.5. The number of rotatable bonds is 7.